The van der Waals surface area contributed by atoms with Crippen LogP contribution in [0.4, 0.5) is 5.69 Å². The Labute approximate surface area is 158 Å². The van der Waals surface area contributed by atoms with Crippen molar-refractivity contribution < 1.29 is 19.1 Å². The lowest BCUT2D eigenvalue weighted by atomic mass is 9.87. The Morgan fingerprint density at radius 2 is 1.67 bits per heavy atom. The van der Waals surface area contributed by atoms with Gasteiger partial charge in [0.2, 0.25) is 5.91 Å². The van der Waals surface area contributed by atoms with Crippen LogP contribution in [0, 0.1) is 0 Å². The molecule has 0 fully saturated rings. The van der Waals surface area contributed by atoms with Gasteiger partial charge < -0.3 is 10.1 Å². The number of hydrogen-bond donors (Lipinski definition) is 1. The number of benzene rings is 2. The largest absolute Gasteiger partial charge is 0.454 e. The highest BCUT2D eigenvalue weighted by molar-refractivity contribution is 6.05. The maximum atomic E-state index is 12.4. The van der Waals surface area contributed by atoms with Gasteiger partial charge in [0.05, 0.1) is 11.5 Å². The molecular weight excluding hydrogens is 342 g/mol. The molecule has 1 heterocycles. The topological polar surface area (TPSA) is 72.5 Å². The highest BCUT2D eigenvalue weighted by Crippen LogP contribution is 2.32. The summed E-state index contributed by atoms with van der Waals surface area (Å²) in [5.74, 6) is -1.21. The van der Waals surface area contributed by atoms with Crippen molar-refractivity contribution in [1.82, 2.24) is 0 Å². The van der Waals surface area contributed by atoms with Gasteiger partial charge in [0.15, 0.2) is 12.4 Å². The summed E-state index contributed by atoms with van der Waals surface area (Å²) in [7, 11) is 0. The third kappa shape index (κ3) is 3.92. The van der Waals surface area contributed by atoms with Gasteiger partial charge in [0.1, 0.15) is 0 Å². The zero-order chi connectivity index (χ0) is 19.8. The SMILES string of the molecule is C[C@H]1C(=O)Nc2ccc(C(=O)COC(=O)c3ccc(C(C)(C)C)cc3)cc21. The second-order valence-electron chi connectivity index (χ2n) is 7.84. The summed E-state index contributed by atoms with van der Waals surface area (Å²) in [6.07, 6.45) is 0. The van der Waals surface area contributed by atoms with Crippen LogP contribution < -0.4 is 5.32 Å². The molecule has 27 heavy (non-hydrogen) atoms. The van der Waals surface area contributed by atoms with Gasteiger partial charge in [-0.05, 0) is 53.8 Å². The molecular formula is C22H23NO4. The lowest BCUT2D eigenvalue weighted by Gasteiger charge is -2.18. The molecule has 0 aliphatic carbocycles. The first kappa shape index (κ1) is 18.8. The third-order valence-electron chi connectivity index (χ3n) is 4.81. The molecule has 3 rings (SSSR count). The highest BCUT2D eigenvalue weighted by Gasteiger charge is 2.27. The molecule has 1 amide bonds. The van der Waals surface area contributed by atoms with E-state index in [1.165, 1.54) is 0 Å². The van der Waals surface area contributed by atoms with Crippen LogP contribution in [0.3, 0.4) is 0 Å². The predicted octanol–water partition coefficient (Wildman–Crippen LogP) is 4.08. The zero-order valence-corrected chi connectivity index (χ0v) is 16.0. The first-order chi connectivity index (χ1) is 12.7. The Bertz CT molecular complexity index is 907. The minimum absolute atomic E-state index is 0.000649. The van der Waals surface area contributed by atoms with E-state index in [0.29, 0.717) is 11.1 Å². The normalized spacial score (nSPS) is 15.9. The number of nitrogens with one attached hydrogen (secondary N) is 1. The van der Waals surface area contributed by atoms with Crippen LogP contribution in [0.15, 0.2) is 42.5 Å². The number of anilines is 1. The van der Waals surface area contributed by atoms with Gasteiger partial charge in [-0.3, -0.25) is 9.59 Å². The lowest BCUT2D eigenvalue weighted by molar-refractivity contribution is -0.116. The molecule has 5 nitrogen and oxygen atoms in total. The number of Topliss-reactive ketones (excluding diaryl/α,β-unsaturated/α-hetero) is 1. The van der Waals surface area contributed by atoms with E-state index in [2.05, 4.69) is 26.1 Å². The molecule has 1 aliphatic heterocycles. The van der Waals surface area contributed by atoms with Crippen molar-refractivity contribution in [1.29, 1.82) is 0 Å². The summed E-state index contributed by atoms with van der Waals surface area (Å²) >= 11 is 0. The lowest BCUT2D eigenvalue weighted by Crippen LogP contribution is -2.15. The smallest absolute Gasteiger partial charge is 0.338 e. The summed E-state index contributed by atoms with van der Waals surface area (Å²) in [6, 6.07) is 12.2. The number of carbonyl (C=O) groups excluding carboxylic acids is 3. The maximum absolute atomic E-state index is 12.4. The average Bonchev–Trinajstić information content (AvgIpc) is 2.92. The highest BCUT2D eigenvalue weighted by atomic mass is 16.5. The fourth-order valence-electron chi connectivity index (χ4n) is 2.99. The number of ketones is 1. The molecule has 2 aromatic carbocycles. The fourth-order valence-corrected chi connectivity index (χ4v) is 2.99. The molecule has 0 unspecified atom stereocenters. The molecule has 0 saturated heterocycles. The molecule has 140 valence electrons. The second-order valence-corrected chi connectivity index (χ2v) is 7.84. The van der Waals surface area contributed by atoms with E-state index in [1.807, 2.05) is 12.1 Å². The van der Waals surface area contributed by atoms with E-state index < -0.39 is 5.97 Å². The van der Waals surface area contributed by atoms with E-state index in [-0.39, 0.29) is 29.6 Å². The molecule has 0 radical (unpaired) electrons. The van der Waals surface area contributed by atoms with Crippen molar-refractivity contribution >= 4 is 23.3 Å². The molecule has 1 N–H and O–H groups in total. The number of carbonyl (C=O) groups is 3. The number of hydrogen-bond acceptors (Lipinski definition) is 4. The molecule has 2 aromatic rings. The van der Waals surface area contributed by atoms with E-state index in [0.717, 1.165) is 16.8 Å². The van der Waals surface area contributed by atoms with Crippen LogP contribution in [0.1, 0.15) is 65.5 Å². The van der Waals surface area contributed by atoms with Gasteiger partial charge in [0, 0.05) is 11.3 Å². The molecule has 5 heteroatoms. The minimum Gasteiger partial charge on any atom is -0.454 e. The summed E-state index contributed by atoms with van der Waals surface area (Å²) in [6.45, 7) is 7.74. The first-order valence-corrected chi connectivity index (χ1v) is 8.92. The molecule has 0 aromatic heterocycles. The number of esters is 1. The van der Waals surface area contributed by atoms with Crippen LogP contribution in [0.2, 0.25) is 0 Å². The van der Waals surface area contributed by atoms with Crippen molar-refractivity contribution in [2.45, 2.75) is 39.0 Å². The number of ether oxygens (including phenoxy) is 1. The molecule has 0 saturated carbocycles. The first-order valence-electron chi connectivity index (χ1n) is 8.92. The Kier molecular flexibility index (Phi) is 4.87. The van der Waals surface area contributed by atoms with Crippen molar-refractivity contribution in [3.05, 3.63) is 64.7 Å². The maximum Gasteiger partial charge on any atom is 0.338 e. The monoisotopic (exact) mass is 365 g/mol. The predicted molar refractivity (Wildman–Crippen MR) is 103 cm³/mol. The van der Waals surface area contributed by atoms with Crippen molar-refractivity contribution in [3.8, 4) is 0 Å². The summed E-state index contributed by atoms with van der Waals surface area (Å²) in [5, 5.41) is 2.76. The standard InChI is InChI=1S/C22H23NO4/c1-13-17-11-15(7-10-18(17)23-20(13)25)19(24)12-27-21(26)14-5-8-16(9-6-14)22(2,3)4/h5-11,13H,12H2,1-4H3,(H,23,25)/t13-/m1/s1. The van der Waals surface area contributed by atoms with Crippen LogP contribution in [-0.4, -0.2) is 24.3 Å². The zero-order valence-electron chi connectivity index (χ0n) is 16.0. The Hall–Kier alpha value is -2.95. The van der Waals surface area contributed by atoms with E-state index in [4.69, 9.17) is 4.74 Å². The van der Waals surface area contributed by atoms with E-state index in [9.17, 15) is 14.4 Å². The van der Waals surface area contributed by atoms with E-state index >= 15 is 0 Å². The number of fused-ring (bicyclic) bond motifs is 1. The van der Waals surface area contributed by atoms with Gasteiger partial charge >= 0.3 is 5.97 Å². The molecule has 1 atom stereocenters. The second kappa shape index (κ2) is 6.99. The van der Waals surface area contributed by atoms with Gasteiger partial charge in [-0.2, -0.15) is 0 Å². The van der Waals surface area contributed by atoms with Crippen molar-refractivity contribution in [2.24, 2.45) is 0 Å². The molecule has 1 aliphatic rings. The Balaban J connectivity index is 1.64. The minimum atomic E-state index is -0.532. The van der Waals surface area contributed by atoms with Crippen molar-refractivity contribution in [3.63, 3.8) is 0 Å². The third-order valence-corrected chi connectivity index (χ3v) is 4.81. The van der Waals surface area contributed by atoms with Crippen LogP contribution in [0.25, 0.3) is 0 Å². The fraction of sp³-hybridized carbons (Fsp3) is 0.318. The summed E-state index contributed by atoms with van der Waals surface area (Å²) in [5.41, 5.74) is 3.46. The van der Waals surface area contributed by atoms with E-state index in [1.54, 1.807) is 37.3 Å². The van der Waals surface area contributed by atoms with Gasteiger partial charge in [-0.15, -0.1) is 0 Å². The Morgan fingerprint density at radius 3 is 2.30 bits per heavy atom. The van der Waals surface area contributed by atoms with Crippen molar-refractivity contribution in [2.75, 3.05) is 11.9 Å². The summed E-state index contributed by atoms with van der Waals surface area (Å²) < 4.78 is 5.17. The van der Waals surface area contributed by atoms with Gasteiger partial charge in [-0.1, -0.05) is 32.9 Å². The average molecular weight is 365 g/mol. The molecule has 0 bridgehead atoms. The van der Waals surface area contributed by atoms with Gasteiger partial charge in [0.25, 0.3) is 0 Å². The summed E-state index contributed by atoms with van der Waals surface area (Å²) in [4.78, 5) is 36.3. The van der Waals surface area contributed by atoms with Crippen LogP contribution >= 0.6 is 0 Å². The number of amides is 1. The number of rotatable bonds is 4. The van der Waals surface area contributed by atoms with Crippen LogP contribution in [0.5, 0.6) is 0 Å². The Morgan fingerprint density at radius 1 is 1.04 bits per heavy atom. The quantitative estimate of drug-likeness (QED) is 0.654. The van der Waals surface area contributed by atoms with Crippen LogP contribution in [-0.2, 0) is 14.9 Å². The van der Waals surface area contributed by atoms with Gasteiger partial charge in [-0.25, -0.2) is 4.79 Å². The molecule has 0 spiro atoms.